The van der Waals surface area contributed by atoms with Crippen LogP contribution in [0.5, 0.6) is 0 Å². The maximum absolute atomic E-state index is 12.9. The Morgan fingerprint density at radius 3 is 2.00 bits per heavy atom. The molecule has 2 N–H and O–H groups in total. The van der Waals surface area contributed by atoms with E-state index in [9.17, 15) is 8.78 Å². The molecule has 2 saturated carbocycles. The third-order valence-electron chi connectivity index (χ3n) is 3.47. The van der Waals surface area contributed by atoms with Crippen LogP contribution < -0.4 is 5.73 Å². The average Bonchev–Trinajstić information content (AvgIpc) is 2.63. The zero-order valence-electron chi connectivity index (χ0n) is 7.10. The Kier molecular flexibility index (Phi) is 1.86. The number of halogens is 2. The molecule has 2 fully saturated rings. The van der Waals surface area contributed by atoms with Crippen LogP contribution in [-0.2, 0) is 0 Å². The molecule has 0 saturated heterocycles. The van der Waals surface area contributed by atoms with Crippen LogP contribution in [0.3, 0.4) is 0 Å². The Morgan fingerprint density at radius 2 is 1.58 bits per heavy atom. The molecule has 0 radical (unpaired) electrons. The molecule has 0 heterocycles. The maximum atomic E-state index is 12.9. The summed E-state index contributed by atoms with van der Waals surface area (Å²) in [5.41, 5.74) is 5.51. The van der Waals surface area contributed by atoms with E-state index in [-0.39, 0.29) is 11.8 Å². The van der Waals surface area contributed by atoms with Crippen molar-refractivity contribution in [2.75, 3.05) is 6.54 Å². The van der Waals surface area contributed by atoms with E-state index in [1.54, 1.807) is 0 Å². The van der Waals surface area contributed by atoms with Gasteiger partial charge in [-0.3, -0.25) is 0 Å². The lowest BCUT2D eigenvalue weighted by molar-refractivity contribution is 0.0757. The van der Waals surface area contributed by atoms with Gasteiger partial charge in [-0.15, -0.1) is 0 Å². The largest absolute Gasteiger partial charge is 0.330 e. The normalized spacial score (nSPS) is 44.8. The molecule has 12 heavy (non-hydrogen) atoms. The molecule has 0 aliphatic heterocycles. The van der Waals surface area contributed by atoms with Gasteiger partial charge in [0.25, 0.3) is 5.92 Å². The van der Waals surface area contributed by atoms with Crippen molar-refractivity contribution in [1.82, 2.24) is 0 Å². The van der Waals surface area contributed by atoms with Crippen molar-refractivity contribution < 1.29 is 8.78 Å². The second kappa shape index (κ2) is 2.66. The van der Waals surface area contributed by atoms with Crippen molar-refractivity contribution in [2.45, 2.75) is 31.6 Å². The van der Waals surface area contributed by atoms with Gasteiger partial charge in [-0.2, -0.15) is 0 Å². The quantitative estimate of drug-likeness (QED) is 0.648. The number of rotatable bonds is 1. The minimum Gasteiger partial charge on any atom is -0.330 e. The highest BCUT2D eigenvalue weighted by molar-refractivity contribution is 5.06. The first-order chi connectivity index (χ1) is 5.66. The number of nitrogens with two attached hydrogens (primary N) is 1. The van der Waals surface area contributed by atoms with E-state index in [0.717, 1.165) is 12.8 Å². The van der Waals surface area contributed by atoms with E-state index < -0.39 is 5.92 Å². The van der Waals surface area contributed by atoms with Crippen LogP contribution in [0.15, 0.2) is 0 Å². The molecule has 0 aromatic heterocycles. The van der Waals surface area contributed by atoms with E-state index in [1.165, 1.54) is 0 Å². The molecule has 2 atom stereocenters. The van der Waals surface area contributed by atoms with Crippen LogP contribution in [0.2, 0.25) is 0 Å². The topological polar surface area (TPSA) is 26.0 Å². The molecule has 0 spiro atoms. The summed E-state index contributed by atoms with van der Waals surface area (Å²) in [5.74, 6) is -2.41. The van der Waals surface area contributed by atoms with E-state index in [4.69, 9.17) is 5.73 Å². The monoisotopic (exact) mass is 175 g/mol. The molecular weight excluding hydrogens is 160 g/mol. The second-order valence-electron chi connectivity index (χ2n) is 4.14. The van der Waals surface area contributed by atoms with Gasteiger partial charge >= 0.3 is 0 Å². The van der Waals surface area contributed by atoms with Crippen LogP contribution in [0.1, 0.15) is 25.7 Å². The zero-order valence-corrected chi connectivity index (χ0v) is 7.10. The Morgan fingerprint density at radius 1 is 1.08 bits per heavy atom. The summed E-state index contributed by atoms with van der Waals surface area (Å²) >= 11 is 0. The molecule has 2 aliphatic carbocycles. The van der Waals surface area contributed by atoms with Crippen LogP contribution in [0.4, 0.5) is 8.78 Å². The van der Waals surface area contributed by atoms with Gasteiger partial charge in [0.2, 0.25) is 0 Å². The maximum Gasteiger partial charge on any atom is 0.254 e. The Balaban J connectivity index is 1.92. The fraction of sp³-hybridized carbons (Fsp3) is 1.00. The number of hydrogen-bond donors (Lipinski definition) is 1. The molecule has 0 bridgehead atoms. The predicted octanol–water partition coefficient (Wildman–Crippen LogP) is 2.02. The highest BCUT2D eigenvalue weighted by Gasteiger charge is 2.67. The number of hydrogen-bond acceptors (Lipinski definition) is 1. The van der Waals surface area contributed by atoms with E-state index in [0.29, 0.717) is 25.3 Å². The van der Waals surface area contributed by atoms with E-state index >= 15 is 0 Å². The third kappa shape index (κ3) is 1.15. The highest BCUT2D eigenvalue weighted by atomic mass is 19.3. The summed E-state index contributed by atoms with van der Waals surface area (Å²) in [6, 6.07) is 0. The Bertz CT molecular complexity index is 165. The van der Waals surface area contributed by atoms with Gasteiger partial charge in [-0.05, 0) is 38.1 Å². The first-order valence-corrected chi connectivity index (χ1v) is 4.74. The summed E-state index contributed by atoms with van der Waals surface area (Å²) in [5, 5.41) is 0. The van der Waals surface area contributed by atoms with Gasteiger partial charge in [-0.1, -0.05) is 0 Å². The Hall–Kier alpha value is -0.180. The fourth-order valence-electron chi connectivity index (χ4n) is 2.46. The van der Waals surface area contributed by atoms with E-state index in [1.807, 2.05) is 0 Å². The first-order valence-electron chi connectivity index (χ1n) is 4.74. The van der Waals surface area contributed by atoms with Crippen molar-refractivity contribution in [1.29, 1.82) is 0 Å². The summed E-state index contributed by atoms with van der Waals surface area (Å²) < 4.78 is 25.8. The van der Waals surface area contributed by atoms with Gasteiger partial charge < -0.3 is 5.73 Å². The summed E-state index contributed by atoms with van der Waals surface area (Å²) in [6.07, 6.45) is 3.21. The van der Waals surface area contributed by atoms with Crippen molar-refractivity contribution >= 4 is 0 Å². The van der Waals surface area contributed by atoms with Crippen molar-refractivity contribution in [3.8, 4) is 0 Å². The van der Waals surface area contributed by atoms with Crippen molar-refractivity contribution in [3.63, 3.8) is 0 Å². The molecule has 3 heteroatoms. The van der Waals surface area contributed by atoms with Crippen molar-refractivity contribution in [2.24, 2.45) is 23.5 Å². The summed E-state index contributed by atoms with van der Waals surface area (Å²) in [4.78, 5) is 0. The molecule has 2 aliphatic rings. The van der Waals surface area contributed by atoms with E-state index in [2.05, 4.69) is 0 Å². The van der Waals surface area contributed by atoms with Gasteiger partial charge in [0.05, 0.1) is 0 Å². The highest BCUT2D eigenvalue weighted by Crippen LogP contribution is 2.61. The smallest absolute Gasteiger partial charge is 0.254 e. The molecular formula is C9H15F2N. The third-order valence-corrected chi connectivity index (χ3v) is 3.47. The van der Waals surface area contributed by atoms with Crippen molar-refractivity contribution in [3.05, 3.63) is 0 Å². The first kappa shape index (κ1) is 8.42. The average molecular weight is 175 g/mol. The zero-order chi connectivity index (χ0) is 8.77. The minimum absolute atomic E-state index is 0.297. The second-order valence-corrected chi connectivity index (χ2v) is 4.14. The number of fused-ring (bicyclic) bond motifs is 1. The van der Waals surface area contributed by atoms with Gasteiger partial charge in [0.1, 0.15) is 0 Å². The molecule has 0 aromatic rings. The molecule has 2 rings (SSSR count). The van der Waals surface area contributed by atoms with Gasteiger partial charge in [-0.25, -0.2) is 8.78 Å². The van der Waals surface area contributed by atoms with Gasteiger partial charge in [0, 0.05) is 11.8 Å². The standard InChI is InChI=1S/C9H15F2N/c10-9(11)7-3-1-6(5-12)2-4-8(7)9/h6-8H,1-5,12H2. The van der Waals surface area contributed by atoms with Crippen LogP contribution in [0, 0.1) is 17.8 Å². The van der Waals surface area contributed by atoms with Gasteiger partial charge in [0.15, 0.2) is 0 Å². The fourth-order valence-corrected chi connectivity index (χ4v) is 2.46. The lowest BCUT2D eigenvalue weighted by atomic mass is 9.98. The number of alkyl halides is 2. The molecule has 0 aromatic carbocycles. The van der Waals surface area contributed by atoms with Crippen LogP contribution in [-0.4, -0.2) is 12.5 Å². The Labute approximate surface area is 71.3 Å². The molecule has 1 nitrogen and oxygen atoms in total. The summed E-state index contributed by atoms with van der Waals surface area (Å²) in [7, 11) is 0. The SMILES string of the molecule is NCC1CCC2C(CC1)C2(F)F. The molecule has 2 unspecified atom stereocenters. The molecule has 0 amide bonds. The predicted molar refractivity (Wildman–Crippen MR) is 42.9 cm³/mol. The molecule has 70 valence electrons. The van der Waals surface area contributed by atoms with Crippen LogP contribution >= 0.6 is 0 Å². The lowest BCUT2D eigenvalue weighted by Crippen LogP contribution is -2.15. The lowest BCUT2D eigenvalue weighted by Gasteiger charge is -2.12. The minimum atomic E-state index is -2.32. The summed E-state index contributed by atoms with van der Waals surface area (Å²) in [6.45, 7) is 0.672. The van der Waals surface area contributed by atoms with Crippen LogP contribution in [0.25, 0.3) is 0 Å².